The van der Waals surface area contributed by atoms with Gasteiger partial charge in [0, 0.05) is 37.7 Å². The van der Waals surface area contributed by atoms with Gasteiger partial charge in [-0.1, -0.05) is 65.3 Å². The van der Waals surface area contributed by atoms with Crippen LogP contribution in [0.3, 0.4) is 0 Å². The molecule has 1 unspecified atom stereocenters. The van der Waals surface area contributed by atoms with Crippen LogP contribution in [0, 0.1) is 12.3 Å². The van der Waals surface area contributed by atoms with Gasteiger partial charge in [0.15, 0.2) is 0 Å². The Bertz CT molecular complexity index is 1110. The molecule has 172 valence electrons. The number of aryl methyl sites for hydroxylation is 1. The molecule has 1 aliphatic heterocycles. The van der Waals surface area contributed by atoms with E-state index in [1.54, 1.807) is 0 Å². The van der Waals surface area contributed by atoms with Crippen molar-refractivity contribution < 1.29 is 14.1 Å². The van der Waals surface area contributed by atoms with Crippen LogP contribution >= 0.6 is 0 Å². The summed E-state index contributed by atoms with van der Waals surface area (Å²) >= 11 is 0. The molecule has 0 bridgehead atoms. The zero-order valence-electron chi connectivity index (χ0n) is 19.3. The summed E-state index contributed by atoms with van der Waals surface area (Å²) in [5, 5.41) is 7.21. The second-order valence-corrected chi connectivity index (χ2v) is 8.95. The van der Waals surface area contributed by atoms with Gasteiger partial charge < -0.3 is 14.7 Å². The molecule has 2 heterocycles. The molecule has 0 radical (unpaired) electrons. The first kappa shape index (κ1) is 22.8. The minimum atomic E-state index is -0.732. The third kappa shape index (κ3) is 5.33. The van der Waals surface area contributed by atoms with Gasteiger partial charge in [0.25, 0.3) is 0 Å². The Balaban J connectivity index is 1.54. The van der Waals surface area contributed by atoms with E-state index >= 15 is 0 Å². The highest BCUT2D eigenvalue weighted by atomic mass is 16.5. The maximum Gasteiger partial charge on any atom is 0.228 e. The van der Waals surface area contributed by atoms with Crippen molar-refractivity contribution in [3.63, 3.8) is 0 Å². The van der Waals surface area contributed by atoms with E-state index in [0.29, 0.717) is 44.7 Å². The van der Waals surface area contributed by atoms with Crippen molar-refractivity contribution in [1.29, 1.82) is 0 Å². The fraction of sp³-hybridized carbons (Fsp3) is 0.370. The van der Waals surface area contributed by atoms with Gasteiger partial charge in [-0.05, 0) is 32.3 Å². The summed E-state index contributed by atoms with van der Waals surface area (Å²) in [4.78, 5) is 28.3. The molecule has 6 heteroatoms. The van der Waals surface area contributed by atoms with Crippen LogP contribution in [0.1, 0.15) is 36.7 Å². The fourth-order valence-electron chi connectivity index (χ4n) is 4.69. The van der Waals surface area contributed by atoms with Crippen LogP contribution in [0.5, 0.6) is 0 Å². The van der Waals surface area contributed by atoms with Crippen molar-refractivity contribution in [3.8, 4) is 11.3 Å². The third-order valence-corrected chi connectivity index (χ3v) is 6.33. The molecular formula is C27H31N3O3. The van der Waals surface area contributed by atoms with Gasteiger partial charge >= 0.3 is 0 Å². The maximum absolute atomic E-state index is 13.3. The second-order valence-electron chi connectivity index (χ2n) is 8.95. The number of benzene rings is 2. The SMILES string of the molecule is CCNC(=O)C1(Cc2cc(-c3ccccc3)no2)CCCN(C(=O)Cc2cccc(C)c2)C1. The molecule has 0 saturated carbocycles. The smallest absolute Gasteiger partial charge is 0.228 e. The van der Waals surface area contributed by atoms with Gasteiger partial charge in [0.2, 0.25) is 11.8 Å². The molecule has 2 amide bonds. The van der Waals surface area contributed by atoms with Crippen LogP contribution in [0.2, 0.25) is 0 Å². The average Bonchev–Trinajstić information content (AvgIpc) is 3.28. The minimum absolute atomic E-state index is 0.0317. The van der Waals surface area contributed by atoms with Gasteiger partial charge in [-0.15, -0.1) is 0 Å². The molecule has 1 saturated heterocycles. The summed E-state index contributed by atoms with van der Waals surface area (Å²) in [7, 11) is 0. The number of aromatic nitrogens is 1. The molecule has 1 aliphatic rings. The molecule has 2 aromatic carbocycles. The number of nitrogens with one attached hydrogen (secondary N) is 1. The summed E-state index contributed by atoms with van der Waals surface area (Å²) in [6.07, 6.45) is 2.23. The highest BCUT2D eigenvalue weighted by molar-refractivity contribution is 5.85. The molecule has 1 fully saturated rings. The van der Waals surface area contributed by atoms with E-state index in [9.17, 15) is 9.59 Å². The number of amides is 2. The van der Waals surface area contributed by atoms with Gasteiger partial charge in [0.1, 0.15) is 11.5 Å². The number of piperidine rings is 1. The summed E-state index contributed by atoms with van der Waals surface area (Å²) in [5.41, 5.74) is 3.12. The Morgan fingerprint density at radius 2 is 1.94 bits per heavy atom. The van der Waals surface area contributed by atoms with E-state index in [1.807, 2.05) is 79.4 Å². The van der Waals surface area contributed by atoms with Crippen LogP contribution in [0.4, 0.5) is 0 Å². The number of carbonyl (C=O) groups excluding carboxylic acids is 2. The van der Waals surface area contributed by atoms with Crippen molar-refractivity contribution in [3.05, 3.63) is 77.6 Å². The van der Waals surface area contributed by atoms with E-state index in [1.165, 1.54) is 0 Å². The van der Waals surface area contributed by atoms with Crippen molar-refractivity contribution in [2.24, 2.45) is 5.41 Å². The molecule has 0 spiro atoms. The Morgan fingerprint density at radius 3 is 2.70 bits per heavy atom. The van der Waals surface area contributed by atoms with Crippen LogP contribution in [-0.4, -0.2) is 41.5 Å². The van der Waals surface area contributed by atoms with E-state index in [-0.39, 0.29) is 11.8 Å². The number of hydrogen-bond acceptors (Lipinski definition) is 4. The standard InChI is InChI=1S/C27H31N3O3/c1-3-28-26(32)27(18-23-17-24(29-33-23)22-11-5-4-6-12-22)13-8-14-30(19-27)25(31)16-21-10-7-9-20(2)15-21/h4-7,9-12,15,17H,3,8,13-14,16,18-19H2,1-2H3,(H,28,32). The largest absolute Gasteiger partial charge is 0.361 e. The first-order valence-electron chi connectivity index (χ1n) is 11.6. The Hall–Kier alpha value is -3.41. The normalized spacial score (nSPS) is 18.2. The van der Waals surface area contributed by atoms with E-state index in [4.69, 9.17) is 4.52 Å². The topological polar surface area (TPSA) is 75.4 Å². The molecule has 1 aromatic heterocycles. The van der Waals surface area contributed by atoms with Gasteiger partial charge in [-0.2, -0.15) is 0 Å². The van der Waals surface area contributed by atoms with Crippen molar-refractivity contribution >= 4 is 11.8 Å². The number of carbonyl (C=O) groups is 2. The predicted octanol–water partition coefficient (Wildman–Crippen LogP) is 4.18. The lowest BCUT2D eigenvalue weighted by molar-refractivity contribution is -0.141. The molecule has 0 aliphatic carbocycles. The fourth-order valence-corrected chi connectivity index (χ4v) is 4.69. The number of rotatable bonds is 7. The summed E-state index contributed by atoms with van der Waals surface area (Å²) in [5.74, 6) is 0.681. The zero-order chi connectivity index (χ0) is 23.3. The van der Waals surface area contributed by atoms with Crippen LogP contribution in [0.25, 0.3) is 11.3 Å². The first-order chi connectivity index (χ1) is 16.0. The van der Waals surface area contributed by atoms with Crippen LogP contribution < -0.4 is 5.32 Å². The third-order valence-electron chi connectivity index (χ3n) is 6.33. The van der Waals surface area contributed by atoms with E-state index < -0.39 is 5.41 Å². The van der Waals surface area contributed by atoms with Gasteiger partial charge in [-0.3, -0.25) is 9.59 Å². The van der Waals surface area contributed by atoms with Crippen molar-refractivity contribution in [2.75, 3.05) is 19.6 Å². The Labute approximate surface area is 195 Å². The lowest BCUT2D eigenvalue weighted by atomic mass is 9.75. The van der Waals surface area contributed by atoms with E-state index in [2.05, 4.69) is 10.5 Å². The van der Waals surface area contributed by atoms with Crippen molar-refractivity contribution in [2.45, 2.75) is 39.5 Å². The lowest BCUT2D eigenvalue weighted by Gasteiger charge is -2.41. The second kappa shape index (κ2) is 10.0. The summed E-state index contributed by atoms with van der Waals surface area (Å²) in [6.45, 7) is 5.53. The van der Waals surface area contributed by atoms with Gasteiger partial charge in [0.05, 0.1) is 11.8 Å². The quantitative estimate of drug-likeness (QED) is 0.592. The zero-order valence-corrected chi connectivity index (χ0v) is 19.3. The number of likely N-dealkylation sites (tertiary alicyclic amines) is 1. The maximum atomic E-state index is 13.3. The highest BCUT2D eigenvalue weighted by Gasteiger charge is 2.44. The molecular weight excluding hydrogens is 414 g/mol. The van der Waals surface area contributed by atoms with Crippen LogP contribution in [-0.2, 0) is 22.4 Å². The Morgan fingerprint density at radius 1 is 1.12 bits per heavy atom. The van der Waals surface area contributed by atoms with Gasteiger partial charge in [-0.25, -0.2) is 0 Å². The molecule has 1 atom stereocenters. The lowest BCUT2D eigenvalue weighted by Crippen LogP contribution is -2.54. The molecule has 1 N–H and O–H groups in total. The number of nitrogens with zero attached hydrogens (tertiary/aromatic N) is 2. The average molecular weight is 446 g/mol. The molecule has 6 nitrogen and oxygen atoms in total. The first-order valence-corrected chi connectivity index (χ1v) is 11.6. The van der Waals surface area contributed by atoms with E-state index in [0.717, 1.165) is 28.8 Å². The Kier molecular flexibility index (Phi) is 6.92. The molecule has 4 rings (SSSR count). The van der Waals surface area contributed by atoms with Crippen molar-refractivity contribution in [1.82, 2.24) is 15.4 Å². The summed E-state index contributed by atoms with van der Waals surface area (Å²) < 4.78 is 5.65. The summed E-state index contributed by atoms with van der Waals surface area (Å²) in [6, 6.07) is 19.8. The predicted molar refractivity (Wildman–Crippen MR) is 127 cm³/mol. The number of hydrogen-bond donors (Lipinski definition) is 1. The monoisotopic (exact) mass is 445 g/mol. The molecule has 3 aromatic rings. The minimum Gasteiger partial charge on any atom is -0.361 e. The van der Waals surface area contributed by atoms with Crippen LogP contribution in [0.15, 0.2) is 65.2 Å². The highest BCUT2D eigenvalue weighted by Crippen LogP contribution is 2.35. The molecule has 33 heavy (non-hydrogen) atoms.